The Kier molecular flexibility index (Phi) is 4.84. The fourth-order valence-corrected chi connectivity index (χ4v) is 2.63. The molecule has 0 atom stereocenters. The van der Waals surface area contributed by atoms with Gasteiger partial charge in [0.2, 0.25) is 0 Å². The van der Waals surface area contributed by atoms with Gasteiger partial charge in [0, 0.05) is 30.9 Å². The molecule has 0 aliphatic carbocycles. The van der Waals surface area contributed by atoms with Gasteiger partial charge in [-0.3, -0.25) is 0 Å². The summed E-state index contributed by atoms with van der Waals surface area (Å²) in [5.41, 5.74) is 1.33. The highest BCUT2D eigenvalue weighted by molar-refractivity contribution is 7.99. The molecule has 0 aliphatic rings. The molecule has 0 saturated carbocycles. The van der Waals surface area contributed by atoms with Gasteiger partial charge in [-0.2, -0.15) is 0 Å². The molecule has 1 aromatic carbocycles. The van der Waals surface area contributed by atoms with Crippen LogP contribution in [0.1, 0.15) is 18.9 Å². The number of benzene rings is 1. The number of nitrogens with one attached hydrogen (secondary N) is 1. The van der Waals surface area contributed by atoms with E-state index in [2.05, 4.69) is 41.5 Å². The molecule has 0 unspecified atom stereocenters. The first-order chi connectivity index (χ1) is 8.81. The predicted octanol–water partition coefficient (Wildman–Crippen LogP) is 3.07. The maximum absolute atomic E-state index is 4.35. The monoisotopic (exact) mass is 261 g/mol. The Bertz CT molecular complexity index is 493. The molecular weight excluding hydrogens is 242 g/mol. The SMILES string of the molecule is CCCNCc1ccccc1Sc1nccn1C. The van der Waals surface area contributed by atoms with Crippen molar-refractivity contribution in [1.29, 1.82) is 0 Å². The van der Waals surface area contributed by atoms with E-state index in [0.29, 0.717) is 0 Å². The van der Waals surface area contributed by atoms with Crippen LogP contribution in [0.15, 0.2) is 46.7 Å². The zero-order chi connectivity index (χ0) is 12.8. The van der Waals surface area contributed by atoms with Gasteiger partial charge in [0.1, 0.15) is 0 Å². The molecule has 0 fully saturated rings. The second kappa shape index (κ2) is 6.61. The van der Waals surface area contributed by atoms with Gasteiger partial charge >= 0.3 is 0 Å². The van der Waals surface area contributed by atoms with Crippen LogP contribution >= 0.6 is 11.8 Å². The molecule has 0 bridgehead atoms. The highest BCUT2D eigenvalue weighted by atomic mass is 32.2. The van der Waals surface area contributed by atoms with Crippen LogP contribution < -0.4 is 5.32 Å². The summed E-state index contributed by atoms with van der Waals surface area (Å²) < 4.78 is 2.04. The van der Waals surface area contributed by atoms with E-state index in [1.807, 2.05) is 24.0 Å². The van der Waals surface area contributed by atoms with Crippen molar-refractivity contribution in [2.75, 3.05) is 6.54 Å². The fourth-order valence-electron chi connectivity index (χ4n) is 1.70. The molecule has 0 aliphatic heterocycles. The average Bonchev–Trinajstić information content (AvgIpc) is 2.78. The van der Waals surface area contributed by atoms with Crippen molar-refractivity contribution >= 4 is 11.8 Å². The Hall–Kier alpha value is -1.26. The lowest BCUT2D eigenvalue weighted by Gasteiger charge is -2.09. The Morgan fingerprint density at radius 3 is 2.89 bits per heavy atom. The molecule has 0 spiro atoms. The first-order valence-electron chi connectivity index (χ1n) is 6.25. The van der Waals surface area contributed by atoms with E-state index < -0.39 is 0 Å². The molecule has 4 heteroatoms. The minimum Gasteiger partial charge on any atom is -0.329 e. The van der Waals surface area contributed by atoms with E-state index in [-0.39, 0.29) is 0 Å². The first kappa shape index (κ1) is 13.2. The van der Waals surface area contributed by atoms with Gasteiger partial charge in [-0.05, 0) is 24.6 Å². The molecule has 1 aromatic heterocycles. The van der Waals surface area contributed by atoms with Gasteiger partial charge in [-0.15, -0.1) is 0 Å². The largest absolute Gasteiger partial charge is 0.329 e. The second-order valence-corrected chi connectivity index (χ2v) is 5.22. The molecular formula is C14H19N3S. The Morgan fingerprint density at radius 1 is 1.33 bits per heavy atom. The third-order valence-electron chi connectivity index (χ3n) is 2.69. The average molecular weight is 261 g/mol. The summed E-state index contributed by atoms with van der Waals surface area (Å²) in [5.74, 6) is 0. The van der Waals surface area contributed by atoms with Crippen LogP contribution in [0, 0.1) is 0 Å². The number of aromatic nitrogens is 2. The van der Waals surface area contributed by atoms with Gasteiger partial charge in [-0.25, -0.2) is 4.98 Å². The van der Waals surface area contributed by atoms with Crippen LogP contribution in [0.5, 0.6) is 0 Å². The number of aryl methyl sites for hydroxylation is 1. The molecule has 2 aromatic rings. The van der Waals surface area contributed by atoms with Crippen LogP contribution in [-0.2, 0) is 13.6 Å². The highest BCUT2D eigenvalue weighted by Gasteiger charge is 2.06. The molecule has 1 heterocycles. The third-order valence-corrected chi connectivity index (χ3v) is 3.89. The van der Waals surface area contributed by atoms with Crippen molar-refractivity contribution < 1.29 is 0 Å². The van der Waals surface area contributed by atoms with E-state index >= 15 is 0 Å². The molecule has 0 amide bonds. The van der Waals surface area contributed by atoms with Gasteiger partial charge < -0.3 is 9.88 Å². The van der Waals surface area contributed by atoms with Crippen molar-refractivity contribution in [3.63, 3.8) is 0 Å². The minimum absolute atomic E-state index is 0.918. The number of nitrogens with zero attached hydrogens (tertiary/aromatic N) is 2. The summed E-state index contributed by atoms with van der Waals surface area (Å²) in [6.07, 6.45) is 4.97. The number of rotatable bonds is 6. The van der Waals surface area contributed by atoms with E-state index in [1.54, 1.807) is 11.8 Å². The van der Waals surface area contributed by atoms with Gasteiger partial charge in [0.05, 0.1) is 0 Å². The van der Waals surface area contributed by atoms with Crippen LogP contribution in [0.2, 0.25) is 0 Å². The van der Waals surface area contributed by atoms with Gasteiger partial charge in [0.15, 0.2) is 5.16 Å². The quantitative estimate of drug-likeness (QED) is 0.810. The summed E-state index contributed by atoms with van der Waals surface area (Å²) in [5, 5.41) is 4.47. The Labute approximate surface area is 113 Å². The molecule has 96 valence electrons. The maximum Gasteiger partial charge on any atom is 0.172 e. The topological polar surface area (TPSA) is 29.9 Å². The van der Waals surface area contributed by atoms with Crippen molar-refractivity contribution in [1.82, 2.24) is 14.9 Å². The summed E-state index contributed by atoms with van der Waals surface area (Å²) in [7, 11) is 2.02. The molecule has 3 nitrogen and oxygen atoms in total. The summed E-state index contributed by atoms with van der Waals surface area (Å²) in [6, 6.07) is 8.50. The fraction of sp³-hybridized carbons (Fsp3) is 0.357. The lowest BCUT2D eigenvalue weighted by atomic mass is 10.2. The maximum atomic E-state index is 4.35. The zero-order valence-electron chi connectivity index (χ0n) is 10.9. The first-order valence-corrected chi connectivity index (χ1v) is 7.06. The standard InChI is InChI=1S/C14H19N3S/c1-3-8-15-11-12-6-4-5-7-13(12)18-14-16-9-10-17(14)2/h4-7,9-10,15H,3,8,11H2,1-2H3. The zero-order valence-corrected chi connectivity index (χ0v) is 11.7. The van der Waals surface area contributed by atoms with Gasteiger partial charge in [-0.1, -0.05) is 36.9 Å². The smallest absolute Gasteiger partial charge is 0.172 e. The molecule has 0 radical (unpaired) electrons. The van der Waals surface area contributed by atoms with E-state index in [9.17, 15) is 0 Å². The summed E-state index contributed by atoms with van der Waals surface area (Å²) in [4.78, 5) is 5.63. The van der Waals surface area contributed by atoms with E-state index in [1.165, 1.54) is 10.5 Å². The van der Waals surface area contributed by atoms with Crippen molar-refractivity contribution in [3.8, 4) is 0 Å². The predicted molar refractivity (Wildman–Crippen MR) is 75.8 cm³/mol. The normalized spacial score (nSPS) is 10.8. The van der Waals surface area contributed by atoms with Crippen LogP contribution in [0.25, 0.3) is 0 Å². The second-order valence-electron chi connectivity index (χ2n) is 4.21. The van der Waals surface area contributed by atoms with Crippen molar-refractivity contribution in [3.05, 3.63) is 42.2 Å². The molecule has 18 heavy (non-hydrogen) atoms. The van der Waals surface area contributed by atoms with Crippen LogP contribution in [0.3, 0.4) is 0 Å². The summed E-state index contributed by atoms with van der Waals surface area (Å²) in [6.45, 7) is 4.16. The number of hydrogen-bond acceptors (Lipinski definition) is 3. The van der Waals surface area contributed by atoms with E-state index in [4.69, 9.17) is 0 Å². The molecule has 0 saturated heterocycles. The third kappa shape index (κ3) is 3.37. The Morgan fingerprint density at radius 2 is 2.17 bits per heavy atom. The lowest BCUT2D eigenvalue weighted by molar-refractivity contribution is 0.669. The minimum atomic E-state index is 0.918. The van der Waals surface area contributed by atoms with Crippen molar-refractivity contribution in [2.24, 2.45) is 7.05 Å². The van der Waals surface area contributed by atoms with Crippen LogP contribution in [0.4, 0.5) is 0 Å². The summed E-state index contributed by atoms with van der Waals surface area (Å²) >= 11 is 1.72. The number of hydrogen-bond donors (Lipinski definition) is 1. The van der Waals surface area contributed by atoms with Crippen LogP contribution in [-0.4, -0.2) is 16.1 Å². The number of imidazole rings is 1. The van der Waals surface area contributed by atoms with Crippen molar-refractivity contribution in [2.45, 2.75) is 29.9 Å². The lowest BCUT2D eigenvalue weighted by Crippen LogP contribution is -2.14. The Balaban J connectivity index is 2.10. The highest BCUT2D eigenvalue weighted by Crippen LogP contribution is 2.28. The molecule has 2 rings (SSSR count). The van der Waals surface area contributed by atoms with E-state index in [0.717, 1.165) is 24.7 Å². The van der Waals surface area contributed by atoms with Gasteiger partial charge in [0.25, 0.3) is 0 Å². The molecule has 1 N–H and O–H groups in total.